The smallest absolute Gasteiger partial charge is 0.0898 e. The topological polar surface area (TPSA) is 24.9 Å². The molecule has 0 bridgehead atoms. The van der Waals surface area contributed by atoms with E-state index in [1.54, 1.807) is 11.3 Å². The van der Waals surface area contributed by atoms with Gasteiger partial charge in [-0.2, -0.15) is 0 Å². The monoisotopic (exact) mass is 286 g/mol. The van der Waals surface area contributed by atoms with E-state index in [0.29, 0.717) is 0 Å². The van der Waals surface area contributed by atoms with E-state index in [4.69, 9.17) is 0 Å². The van der Waals surface area contributed by atoms with Crippen molar-refractivity contribution in [2.24, 2.45) is 0 Å². The first-order chi connectivity index (χ1) is 9.78. The number of thiazole rings is 1. The quantitative estimate of drug-likeness (QED) is 0.880. The van der Waals surface area contributed by atoms with Crippen LogP contribution >= 0.6 is 11.3 Å². The van der Waals surface area contributed by atoms with Crippen molar-refractivity contribution in [3.63, 3.8) is 0 Å². The third-order valence-electron chi connectivity index (χ3n) is 4.16. The molecular weight excluding hydrogens is 264 g/mol. The highest BCUT2D eigenvalue weighted by molar-refractivity contribution is 7.09. The van der Waals surface area contributed by atoms with Gasteiger partial charge in [0.1, 0.15) is 0 Å². The molecule has 2 nitrogen and oxygen atoms in total. The Morgan fingerprint density at radius 3 is 2.85 bits per heavy atom. The van der Waals surface area contributed by atoms with E-state index in [1.807, 2.05) is 0 Å². The van der Waals surface area contributed by atoms with Crippen LogP contribution in [-0.2, 0) is 0 Å². The molecule has 0 saturated heterocycles. The first kappa shape index (κ1) is 13.8. The second-order valence-corrected chi connectivity index (χ2v) is 6.64. The van der Waals surface area contributed by atoms with E-state index in [2.05, 4.69) is 53.8 Å². The predicted molar refractivity (Wildman–Crippen MR) is 85.4 cm³/mol. The maximum atomic E-state index is 4.67. The fraction of sp³-hybridized carbons (Fsp3) is 0.471. The molecule has 20 heavy (non-hydrogen) atoms. The van der Waals surface area contributed by atoms with Crippen molar-refractivity contribution in [1.82, 2.24) is 10.3 Å². The van der Waals surface area contributed by atoms with E-state index >= 15 is 0 Å². The molecule has 1 N–H and O–H groups in total. The second kappa shape index (κ2) is 6.06. The van der Waals surface area contributed by atoms with Crippen LogP contribution in [0.15, 0.2) is 29.6 Å². The Balaban J connectivity index is 1.90. The summed E-state index contributed by atoms with van der Waals surface area (Å²) in [6.45, 7) is 5.18. The fourth-order valence-corrected chi connectivity index (χ4v) is 3.48. The average Bonchev–Trinajstić information content (AvgIpc) is 2.81. The standard InChI is InChI=1S/C17H22N2S/c1-3-18-17(16-11-20-12(2)19-16)15-9-5-8-14(10-15)13-6-4-7-13/h5,8-11,13,17-18H,3-4,6-7H2,1-2H3. The molecular formula is C17H22N2S. The van der Waals surface area contributed by atoms with Crippen LogP contribution in [-0.4, -0.2) is 11.5 Å². The minimum Gasteiger partial charge on any atom is -0.305 e. The van der Waals surface area contributed by atoms with Crippen molar-refractivity contribution in [3.05, 3.63) is 51.5 Å². The van der Waals surface area contributed by atoms with Gasteiger partial charge in [-0.3, -0.25) is 0 Å². The van der Waals surface area contributed by atoms with E-state index < -0.39 is 0 Å². The molecule has 0 aliphatic heterocycles. The number of hydrogen-bond donors (Lipinski definition) is 1. The summed E-state index contributed by atoms with van der Waals surface area (Å²) >= 11 is 1.73. The molecule has 0 amide bonds. The van der Waals surface area contributed by atoms with Gasteiger partial charge in [0.15, 0.2) is 0 Å². The molecule has 1 atom stereocenters. The van der Waals surface area contributed by atoms with Crippen molar-refractivity contribution in [2.75, 3.05) is 6.54 Å². The number of hydrogen-bond acceptors (Lipinski definition) is 3. The Kier molecular flexibility index (Phi) is 4.18. The fourth-order valence-electron chi connectivity index (χ4n) is 2.84. The number of aromatic nitrogens is 1. The highest BCUT2D eigenvalue weighted by atomic mass is 32.1. The maximum absolute atomic E-state index is 4.67. The summed E-state index contributed by atoms with van der Waals surface area (Å²) in [5.74, 6) is 0.786. The van der Waals surface area contributed by atoms with Crippen molar-refractivity contribution >= 4 is 11.3 Å². The van der Waals surface area contributed by atoms with E-state index in [1.165, 1.54) is 30.4 Å². The lowest BCUT2D eigenvalue weighted by Gasteiger charge is -2.27. The van der Waals surface area contributed by atoms with Crippen LogP contribution < -0.4 is 5.32 Å². The summed E-state index contributed by atoms with van der Waals surface area (Å²) in [5, 5.41) is 6.89. The van der Waals surface area contributed by atoms with Gasteiger partial charge in [-0.05, 0) is 43.4 Å². The molecule has 1 saturated carbocycles. The maximum Gasteiger partial charge on any atom is 0.0898 e. The van der Waals surface area contributed by atoms with Crippen LogP contribution in [0.1, 0.15) is 60.0 Å². The van der Waals surface area contributed by atoms with Crippen molar-refractivity contribution < 1.29 is 0 Å². The van der Waals surface area contributed by atoms with Gasteiger partial charge in [0, 0.05) is 5.38 Å². The van der Waals surface area contributed by atoms with Gasteiger partial charge in [-0.1, -0.05) is 37.6 Å². The molecule has 1 fully saturated rings. The van der Waals surface area contributed by atoms with E-state index in [-0.39, 0.29) is 6.04 Å². The van der Waals surface area contributed by atoms with Gasteiger partial charge >= 0.3 is 0 Å². The highest BCUT2D eigenvalue weighted by Crippen LogP contribution is 2.37. The van der Waals surface area contributed by atoms with Crippen LogP contribution in [0.4, 0.5) is 0 Å². The molecule has 0 spiro atoms. The Morgan fingerprint density at radius 1 is 1.40 bits per heavy atom. The third kappa shape index (κ3) is 2.79. The number of rotatable bonds is 5. The van der Waals surface area contributed by atoms with Gasteiger partial charge in [0.25, 0.3) is 0 Å². The lowest BCUT2D eigenvalue weighted by Crippen LogP contribution is -2.22. The van der Waals surface area contributed by atoms with Gasteiger partial charge < -0.3 is 5.32 Å². The molecule has 1 aromatic carbocycles. The van der Waals surface area contributed by atoms with Crippen LogP contribution in [0.25, 0.3) is 0 Å². The largest absolute Gasteiger partial charge is 0.305 e. The summed E-state index contributed by atoms with van der Waals surface area (Å²) in [6, 6.07) is 9.32. The Bertz CT molecular complexity index is 572. The van der Waals surface area contributed by atoms with Crippen LogP contribution in [0.5, 0.6) is 0 Å². The van der Waals surface area contributed by atoms with Crippen molar-refractivity contribution in [2.45, 2.75) is 45.1 Å². The normalized spacial score (nSPS) is 16.9. The number of nitrogens with one attached hydrogen (secondary N) is 1. The molecule has 0 radical (unpaired) electrons. The predicted octanol–water partition coefficient (Wildman–Crippen LogP) is 4.42. The number of aryl methyl sites for hydroxylation is 1. The zero-order valence-electron chi connectivity index (χ0n) is 12.2. The van der Waals surface area contributed by atoms with Crippen LogP contribution in [0.2, 0.25) is 0 Å². The number of nitrogens with zero attached hydrogens (tertiary/aromatic N) is 1. The van der Waals surface area contributed by atoms with Gasteiger partial charge in [0.05, 0.1) is 16.7 Å². The summed E-state index contributed by atoms with van der Waals surface area (Å²) in [7, 11) is 0. The van der Waals surface area contributed by atoms with Crippen molar-refractivity contribution in [3.8, 4) is 0 Å². The third-order valence-corrected chi connectivity index (χ3v) is 4.95. The molecule has 106 valence electrons. The molecule has 3 heteroatoms. The van der Waals surface area contributed by atoms with Crippen LogP contribution in [0, 0.1) is 6.92 Å². The lowest BCUT2D eigenvalue weighted by molar-refractivity contribution is 0.419. The minimum atomic E-state index is 0.227. The van der Waals surface area contributed by atoms with E-state index in [9.17, 15) is 0 Å². The Hall–Kier alpha value is -1.19. The molecule has 1 aliphatic rings. The zero-order valence-corrected chi connectivity index (χ0v) is 13.0. The summed E-state index contributed by atoms with van der Waals surface area (Å²) in [6.07, 6.45) is 4.09. The molecule has 1 aliphatic carbocycles. The first-order valence-corrected chi connectivity index (χ1v) is 8.41. The number of benzene rings is 1. The van der Waals surface area contributed by atoms with Crippen molar-refractivity contribution in [1.29, 1.82) is 0 Å². The molecule has 2 aromatic rings. The minimum absolute atomic E-state index is 0.227. The highest BCUT2D eigenvalue weighted by Gasteiger charge is 2.21. The van der Waals surface area contributed by atoms with Gasteiger partial charge in [0.2, 0.25) is 0 Å². The lowest BCUT2D eigenvalue weighted by atomic mass is 9.79. The van der Waals surface area contributed by atoms with Gasteiger partial charge in [-0.25, -0.2) is 4.98 Å². The van der Waals surface area contributed by atoms with Gasteiger partial charge in [-0.15, -0.1) is 11.3 Å². The van der Waals surface area contributed by atoms with Crippen LogP contribution in [0.3, 0.4) is 0 Å². The molecule has 3 rings (SSSR count). The molecule has 1 aromatic heterocycles. The van der Waals surface area contributed by atoms with E-state index in [0.717, 1.165) is 23.2 Å². The Labute approximate surface area is 125 Å². The molecule has 1 heterocycles. The molecule has 1 unspecified atom stereocenters. The second-order valence-electron chi connectivity index (χ2n) is 5.58. The summed E-state index contributed by atoms with van der Waals surface area (Å²) in [4.78, 5) is 4.67. The summed E-state index contributed by atoms with van der Waals surface area (Å²) < 4.78 is 0. The zero-order chi connectivity index (χ0) is 13.9. The summed E-state index contributed by atoms with van der Waals surface area (Å²) in [5.41, 5.74) is 4.00. The average molecular weight is 286 g/mol. The SMILES string of the molecule is CCNC(c1cccc(C2CCC2)c1)c1csc(C)n1. The first-order valence-electron chi connectivity index (χ1n) is 7.53. The Morgan fingerprint density at radius 2 is 2.25 bits per heavy atom.